The van der Waals surface area contributed by atoms with E-state index in [1.165, 1.54) is 4.68 Å². The molecule has 1 fully saturated rings. The van der Waals surface area contributed by atoms with Gasteiger partial charge in [-0.3, -0.25) is 9.59 Å². The summed E-state index contributed by atoms with van der Waals surface area (Å²) in [5.41, 5.74) is 6.79. The number of piperidine rings is 1. The van der Waals surface area contributed by atoms with Gasteiger partial charge in [0, 0.05) is 12.3 Å². The van der Waals surface area contributed by atoms with Crippen molar-refractivity contribution in [2.45, 2.75) is 58.0 Å². The molecule has 0 spiro atoms. The van der Waals surface area contributed by atoms with Crippen LogP contribution in [0.2, 0.25) is 0 Å². The largest absolute Gasteiger partial charge is 0.481 e. The van der Waals surface area contributed by atoms with E-state index in [-0.39, 0.29) is 30.6 Å². The SMILES string of the molecule is CC(C)C[C@H](N)c1cn([C@@H](CCC(=O)O)C(=O)C2CCNCC2)nn1. The van der Waals surface area contributed by atoms with Crippen molar-refractivity contribution >= 4 is 11.8 Å². The first-order valence-electron chi connectivity index (χ1n) is 9.02. The second-order valence-electron chi connectivity index (χ2n) is 7.23. The molecule has 0 amide bonds. The second kappa shape index (κ2) is 9.05. The summed E-state index contributed by atoms with van der Waals surface area (Å²) in [4.78, 5) is 23.9. The molecule has 25 heavy (non-hydrogen) atoms. The molecule has 0 saturated carbocycles. The Balaban J connectivity index is 2.15. The molecular weight excluding hydrogens is 322 g/mol. The average Bonchev–Trinajstić information content (AvgIpc) is 3.04. The fraction of sp³-hybridized carbons (Fsp3) is 0.765. The number of hydrogen-bond donors (Lipinski definition) is 3. The quantitative estimate of drug-likeness (QED) is 0.612. The topological polar surface area (TPSA) is 123 Å². The average molecular weight is 351 g/mol. The van der Waals surface area contributed by atoms with Gasteiger partial charge in [0.25, 0.3) is 0 Å². The summed E-state index contributed by atoms with van der Waals surface area (Å²) in [7, 11) is 0. The van der Waals surface area contributed by atoms with Gasteiger partial charge in [0.05, 0.1) is 17.9 Å². The molecule has 1 aromatic rings. The summed E-state index contributed by atoms with van der Waals surface area (Å²) in [5.74, 6) is -0.493. The Hall–Kier alpha value is -1.80. The molecule has 0 aromatic carbocycles. The number of carboxylic acid groups (broad SMARTS) is 1. The first-order chi connectivity index (χ1) is 11.9. The van der Waals surface area contributed by atoms with Gasteiger partial charge in [-0.15, -0.1) is 5.10 Å². The molecule has 8 nitrogen and oxygen atoms in total. The Morgan fingerprint density at radius 2 is 2.08 bits per heavy atom. The molecule has 2 heterocycles. The van der Waals surface area contributed by atoms with Crippen LogP contribution in [0.25, 0.3) is 0 Å². The van der Waals surface area contributed by atoms with Gasteiger partial charge in [0.15, 0.2) is 5.78 Å². The van der Waals surface area contributed by atoms with Crippen LogP contribution in [0.15, 0.2) is 6.20 Å². The molecule has 0 radical (unpaired) electrons. The van der Waals surface area contributed by atoms with Gasteiger partial charge in [-0.25, -0.2) is 4.68 Å². The van der Waals surface area contributed by atoms with Gasteiger partial charge in [-0.2, -0.15) is 0 Å². The predicted octanol–water partition coefficient (Wildman–Crippen LogP) is 1.30. The van der Waals surface area contributed by atoms with Crippen LogP contribution in [0, 0.1) is 11.8 Å². The van der Waals surface area contributed by atoms with Crippen LogP contribution in [-0.2, 0) is 9.59 Å². The highest BCUT2D eigenvalue weighted by molar-refractivity contribution is 5.85. The Kier molecular flexibility index (Phi) is 7.07. The minimum atomic E-state index is -0.917. The molecule has 140 valence electrons. The molecule has 4 N–H and O–H groups in total. The van der Waals surface area contributed by atoms with E-state index in [0.29, 0.717) is 11.6 Å². The van der Waals surface area contributed by atoms with Crippen LogP contribution in [0.1, 0.15) is 63.7 Å². The minimum Gasteiger partial charge on any atom is -0.481 e. The van der Waals surface area contributed by atoms with E-state index in [1.807, 2.05) is 0 Å². The van der Waals surface area contributed by atoms with E-state index >= 15 is 0 Å². The van der Waals surface area contributed by atoms with Crippen LogP contribution in [0.5, 0.6) is 0 Å². The summed E-state index contributed by atoms with van der Waals surface area (Å²) in [6.07, 6.45) is 4.18. The Labute approximate surface area is 148 Å². The molecule has 1 saturated heterocycles. The lowest BCUT2D eigenvalue weighted by Gasteiger charge is -2.25. The number of carbonyl (C=O) groups is 2. The zero-order chi connectivity index (χ0) is 18.4. The van der Waals surface area contributed by atoms with Gasteiger partial charge in [0.1, 0.15) is 6.04 Å². The first kappa shape index (κ1) is 19.5. The number of nitrogens with one attached hydrogen (secondary N) is 1. The maximum absolute atomic E-state index is 12.9. The van der Waals surface area contributed by atoms with E-state index in [4.69, 9.17) is 10.8 Å². The number of carboxylic acids is 1. The van der Waals surface area contributed by atoms with Crippen LogP contribution < -0.4 is 11.1 Å². The van der Waals surface area contributed by atoms with Gasteiger partial charge in [-0.1, -0.05) is 19.1 Å². The fourth-order valence-electron chi connectivity index (χ4n) is 3.28. The second-order valence-corrected chi connectivity index (χ2v) is 7.23. The Bertz CT molecular complexity index is 581. The molecule has 1 aromatic heterocycles. The molecular formula is C17H29N5O3. The number of hydrogen-bond acceptors (Lipinski definition) is 6. The summed E-state index contributed by atoms with van der Waals surface area (Å²) < 4.78 is 1.52. The lowest BCUT2D eigenvalue weighted by atomic mass is 9.88. The third-order valence-electron chi connectivity index (χ3n) is 4.65. The minimum absolute atomic E-state index is 0.0524. The number of nitrogens with zero attached hydrogens (tertiary/aromatic N) is 3. The molecule has 1 aliphatic heterocycles. The number of carbonyl (C=O) groups excluding carboxylic acids is 1. The summed E-state index contributed by atoms with van der Waals surface area (Å²) >= 11 is 0. The third-order valence-corrected chi connectivity index (χ3v) is 4.65. The van der Waals surface area contributed by atoms with Crippen molar-refractivity contribution in [2.75, 3.05) is 13.1 Å². The van der Waals surface area contributed by atoms with Crippen LogP contribution >= 0.6 is 0 Å². The predicted molar refractivity (Wildman–Crippen MR) is 92.9 cm³/mol. The lowest BCUT2D eigenvalue weighted by molar-refractivity contribution is -0.137. The number of Topliss-reactive ketones (excluding diaryl/α,β-unsaturated/α-hetero) is 1. The highest BCUT2D eigenvalue weighted by Gasteiger charge is 2.31. The van der Waals surface area contributed by atoms with Crippen LogP contribution in [0.3, 0.4) is 0 Å². The first-order valence-corrected chi connectivity index (χ1v) is 9.02. The smallest absolute Gasteiger partial charge is 0.303 e. The number of rotatable bonds is 9. The van der Waals surface area contributed by atoms with Crippen LogP contribution in [0.4, 0.5) is 0 Å². The molecule has 1 aliphatic rings. The third kappa shape index (κ3) is 5.61. The summed E-state index contributed by atoms with van der Waals surface area (Å²) in [6.45, 7) is 5.79. The van der Waals surface area contributed by atoms with Crippen molar-refractivity contribution in [3.8, 4) is 0 Å². The highest BCUT2D eigenvalue weighted by atomic mass is 16.4. The van der Waals surface area contributed by atoms with Crippen LogP contribution in [-0.4, -0.2) is 44.9 Å². The highest BCUT2D eigenvalue weighted by Crippen LogP contribution is 2.25. The van der Waals surface area contributed by atoms with Crippen molar-refractivity contribution < 1.29 is 14.7 Å². The number of aromatic nitrogens is 3. The van der Waals surface area contributed by atoms with Crippen molar-refractivity contribution in [2.24, 2.45) is 17.6 Å². The van der Waals surface area contributed by atoms with Crippen molar-refractivity contribution in [3.05, 3.63) is 11.9 Å². The summed E-state index contributed by atoms with van der Waals surface area (Å²) in [5, 5.41) is 20.5. The summed E-state index contributed by atoms with van der Waals surface area (Å²) in [6, 6.07) is -0.824. The van der Waals surface area contributed by atoms with E-state index in [1.54, 1.807) is 6.20 Å². The van der Waals surface area contributed by atoms with Gasteiger partial charge in [-0.05, 0) is 44.7 Å². The van der Waals surface area contributed by atoms with Crippen molar-refractivity contribution in [1.82, 2.24) is 20.3 Å². The molecule has 2 atom stereocenters. The number of nitrogens with two attached hydrogens (primary N) is 1. The monoisotopic (exact) mass is 351 g/mol. The molecule has 0 unspecified atom stereocenters. The zero-order valence-corrected chi connectivity index (χ0v) is 15.0. The van der Waals surface area contributed by atoms with Gasteiger partial charge < -0.3 is 16.2 Å². The van der Waals surface area contributed by atoms with E-state index in [0.717, 1.165) is 32.4 Å². The Morgan fingerprint density at radius 3 is 2.68 bits per heavy atom. The van der Waals surface area contributed by atoms with E-state index in [9.17, 15) is 9.59 Å². The molecule has 2 rings (SSSR count). The Morgan fingerprint density at radius 1 is 1.40 bits per heavy atom. The standard InChI is InChI=1S/C17H29N5O3/c1-11(2)9-13(18)14-10-22(21-20-14)15(3-4-16(23)24)17(25)12-5-7-19-8-6-12/h10-13,15,19H,3-9,18H2,1-2H3,(H,23,24)/t13-,15-/m0/s1. The maximum atomic E-state index is 12.9. The lowest BCUT2D eigenvalue weighted by Crippen LogP contribution is -2.36. The molecule has 8 heteroatoms. The fourth-order valence-corrected chi connectivity index (χ4v) is 3.28. The van der Waals surface area contributed by atoms with Crippen molar-refractivity contribution in [1.29, 1.82) is 0 Å². The number of ketones is 1. The van der Waals surface area contributed by atoms with Gasteiger partial charge in [0.2, 0.25) is 0 Å². The normalized spacial score (nSPS) is 18.2. The maximum Gasteiger partial charge on any atom is 0.303 e. The number of aliphatic carboxylic acids is 1. The van der Waals surface area contributed by atoms with E-state index < -0.39 is 12.0 Å². The zero-order valence-electron chi connectivity index (χ0n) is 15.0. The van der Waals surface area contributed by atoms with Crippen molar-refractivity contribution in [3.63, 3.8) is 0 Å². The molecule has 0 bridgehead atoms. The van der Waals surface area contributed by atoms with Gasteiger partial charge >= 0.3 is 5.97 Å². The van der Waals surface area contributed by atoms with E-state index in [2.05, 4.69) is 29.5 Å². The molecule has 0 aliphatic carbocycles.